The first kappa shape index (κ1) is 28.4. The average molecular weight is 549 g/mol. The molecule has 204 valence electrons. The summed E-state index contributed by atoms with van der Waals surface area (Å²) < 4.78 is 22.3. The van der Waals surface area contributed by atoms with E-state index in [-0.39, 0.29) is 22.7 Å². The molecule has 0 aliphatic rings. The molecule has 1 amide bonds. The molecule has 0 spiro atoms. The number of hydrogen-bond donors (Lipinski definition) is 1. The summed E-state index contributed by atoms with van der Waals surface area (Å²) in [5.74, 6) is -0.487. The SMILES string of the molecule is Cc1c(C)n(Cc2ccc(OC(C)C=O)c(F)c2Cl)c2ccc(C(=O)N[C@@H](C)c3cccc(C(C)C)c3)cc12. The van der Waals surface area contributed by atoms with E-state index in [2.05, 4.69) is 35.9 Å². The fraction of sp³-hybridized carbons (Fsp3) is 0.312. The second-order valence-electron chi connectivity index (χ2n) is 10.4. The third-order valence-electron chi connectivity index (χ3n) is 7.29. The van der Waals surface area contributed by atoms with E-state index in [9.17, 15) is 14.0 Å². The largest absolute Gasteiger partial charge is 0.480 e. The van der Waals surface area contributed by atoms with Crippen LogP contribution in [0.25, 0.3) is 10.9 Å². The Labute approximate surface area is 233 Å². The number of hydrogen-bond acceptors (Lipinski definition) is 3. The highest BCUT2D eigenvalue weighted by atomic mass is 35.5. The lowest BCUT2D eigenvalue weighted by molar-refractivity contribution is -0.113. The first-order valence-electron chi connectivity index (χ1n) is 13.1. The van der Waals surface area contributed by atoms with Crippen molar-refractivity contribution in [1.29, 1.82) is 0 Å². The summed E-state index contributed by atoms with van der Waals surface area (Å²) in [5.41, 5.74) is 6.41. The Hall–Kier alpha value is -3.64. The minimum Gasteiger partial charge on any atom is -0.480 e. The standard InChI is InChI=1S/C32H34ClFN2O3/c1-18(2)23-8-7-9-24(14-23)21(5)35-32(38)25-10-12-28-27(15-25)20(4)22(6)36(28)16-26-11-13-29(31(34)30(26)33)39-19(3)17-37/h7-15,17-19,21H,16H2,1-6H3,(H,35,38)/t19?,21-/m0/s1. The Balaban J connectivity index is 1.59. The van der Waals surface area contributed by atoms with Gasteiger partial charge in [-0.2, -0.15) is 0 Å². The van der Waals surface area contributed by atoms with Crippen LogP contribution in [0.3, 0.4) is 0 Å². The number of nitrogens with one attached hydrogen (secondary N) is 1. The summed E-state index contributed by atoms with van der Waals surface area (Å²) in [7, 11) is 0. The smallest absolute Gasteiger partial charge is 0.251 e. The molecule has 0 saturated heterocycles. The molecule has 7 heteroatoms. The first-order valence-corrected chi connectivity index (χ1v) is 13.5. The molecular weight excluding hydrogens is 515 g/mol. The highest BCUT2D eigenvalue weighted by molar-refractivity contribution is 6.31. The molecule has 1 unspecified atom stereocenters. The third-order valence-corrected chi connectivity index (χ3v) is 7.69. The summed E-state index contributed by atoms with van der Waals surface area (Å²) in [6.07, 6.45) is -0.182. The second-order valence-corrected chi connectivity index (χ2v) is 10.7. The number of halogens is 2. The van der Waals surface area contributed by atoms with Crippen LogP contribution in [0.4, 0.5) is 4.39 Å². The van der Waals surface area contributed by atoms with Crippen molar-refractivity contribution in [1.82, 2.24) is 9.88 Å². The number of aldehydes is 1. The Morgan fingerprint density at radius 1 is 1.05 bits per heavy atom. The van der Waals surface area contributed by atoms with Gasteiger partial charge in [-0.15, -0.1) is 0 Å². The van der Waals surface area contributed by atoms with Crippen molar-refractivity contribution in [3.63, 3.8) is 0 Å². The fourth-order valence-electron chi connectivity index (χ4n) is 4.73. The van der Waals surface area contributed by atoms with Crippen LogP contribution in [-0.4, -0.2) is 22.9 Å². The van der Waals surface area contributed by atoms with Gasteiger partial charge in [0.05, 0.1) is 11.1 Å². The molecule has 4 aromatic rings. The van der Waals surface area contributed by atoms with E-state index in [1.54, 1.807) is 6.07 Å². The molecule has 0 saturated carbocycles. The number of rotatable bonds is 9. The summed E-state index contributed by atoms with van der Waals surface area (Å²) in [5, 5.41) is 4.03. The van der Waals surface area contributed by atoms with Gasteiger partial charge >= 0.3 is 0 Å². The fourth-order valence-corrected chi connectivity index (χ4v) is 4.94. The first-order chi connectivity index (χ1) is 18.5. The van der Waals surface area contributed by atoms with Gasteiger partial charge in [0.1, 0.15) is 0 Å². The number of fused-ring (bicyclic) bond motifs is 1. The molecule has 0 radical (unpaired) electrons. The summed E-state index contributed by atoms with van der Waals surface area (Å²) in [6.45, 7) is 12.2. The van der Waals surface area contributed by atoms with Crippen molar-refractivity contribution in [2.75, 3.05) is 0 Å². The van der Waals surface area contributed by atoms with E-state index in [0.29, 0.717) is 29.9 Å². The summed E-state index contributed by atoms with van der Waals surface area (Å²) >= 11 is 6.37. The van der Waals surface area contributed by atoms with E-state index in [0.717, 1.165) is 27.7 Å². The molecule has 1 heterocycles. The van der Waals surface area contributed by atoms with Gasteiger partial charge in [-0.1, -0.05) is 55.8 Å². The minimum atomic E-state index is -0.778. The number of aryl methyl sites for hydroxylation is 1. The molecule has 1 aromatic heterocycles. The number of amides is 1. The van der Waals surface area contributed by atoms with Gasteiger partial charge in [0.25, 0.3) is 5.91 Å². The van der Waals surface area contributed by atoms with Crippen molar-refractivity contribution in [2.45, 2.75) is 66.2 Å². The maximum Gasteiger partial charge on any atom is 0.251 e. The van der Waals surface area contributed by atoms with Gasteiger partial charge in [0, 0.05) is 28.7 Å². The number of benzene rings is 3. The van der Waals surface area contributed by atoms with Gasteiger partial charge in [0.15, 0.2) is 24.0 Å². The highest BCUT2D eigenvalue weighted by Crippen LogP contribution is 2.32. The van der Waals surface area contributed by atoms with Crippen LogP contribution < -0.4 is 10.1 Å². The lowest BCUT2D eigenvalue weighted by Crippen LogP contribution is -2.26. The van der Waals surface area contributed by atoms with E-state index in [1.807, 2.05) is 51.1 Å². The predicted molar refractivity (Wildman–Crippen MR) is 154 cm³/mol. The van der Waals surface area contributed by atoms with Gasteiger partial charge in [-0.05, 0) is 80.1 Å². The lowest BCUT2D eigenvalue weighted by atomic mass is 9.98. The lowest BCUT2D eigenvalue weighted by Gasteiger charge is -2.17. The van der Waals surface area contributed by atoms with E-state index >= 15 is 0 Å². The maximum atomic E-state index is 14.9. The number of carbonyl (C=O) groups is 2. The van der Waals surface area contributed by atoms with Crippen LogP contribution in [0.2, 0.25) is 5.02 Å². The maximum absolute atomic E-state index is 14.9. The average Bonchev–Trinajstić information content (AvgIpc) is 3.16. The van der Waals surface area contributed by atoms with Crippen molar-refractivity contribution >= 4 is 34.7 Å². The molecule has 0 fully saturated rings. The van der Waals surface area contributed by atoms with Crippen molar-refractivity contribution in [3.8, 4) is 5.75 Å². The third kappa shape index (κ3) is 5.86. The number of ether oxygens (including phenoxy) is 1. The van der Waals surface area contributed by atoms with Gasteiger partial charge in [-0.25, -0.2) is 4.39 Å². The highest BCUT2D eigenvalue weighted by Gasteiger charge is 2.19. The minimum absolute atomic E-state index is 0.0453. The molecule has 2 atom stereocenters. The van der Waals surface area contributed by atoms with Crippen LogP contribution in [0, 0.1) is 19.7 Å². The van der Waals surface area contributed by atoms with E-state index in [1.165, 1.54) is 18.6 Å². The predicted octanol–water partition coefficient (Wildman–Crippen LogP) is 7.68. The van der Waals surface area contributed by atoms with Crippen LogP contribution in [0.1, 0.15) is 78.0 Å². The quantitative estimate of drug-likeness (QED) is 0.218. The molecule has 1 N–H and O–H groups in total. The Kier molecular flexibility index (Phi) is 8.45. The van der Waals surface area contributed by atoms with Crippen molar-refractivity contribution in [3.05, 3.63) is 98.9 Å². The summed E-state index contributed by atoms with van der Waals surface area (Å²) in [6, 6.07) is 17.0. The second kappa shape index (κ2) is 11.6. The zero-order valence-corrected chi connectivity index (χ0v) is 23.9. The Bertz CT molecular complexity index is 1540. The number of aromatic nitrogens is 1. The molecule has 0 bridgehead atoms. The number of carbonyl (C=O) groups excluding carboxylic acids is 2. The zero-order valence-electron chi connectivity index (χ0n) is 23.1. The van der Waals surface area contributed by atoms with Gasteiger partial charge in [-0.3, -0.25) is 9.59 Å². The monoisotopic (exact) mass is 548 g/mol. The molecule has 0 aliphatic carbocycles. The van der Waals surface area contributed by atoms with Crippen LogP contribution in [-0.2, 0) is 11.3 Å². The molecule has 0 aliphatic heterocycles. The van der Waals surface area contributed by atoms with Crippen LogP contribution in [0.15, 0.2) is 54.6 Å². The topological polar surface area (TPSA) is 60.3 Å². The molecule has 4 rings (SSSR count). The molecular formula is C32H34ClFN2O3. The van der Waals surface area contributed by atoms with E-state index < -0.39 is 11.9 Å². The summed E-state index contributed by atoms with van der Waals surface area (Å²) in [4.78, 5) is 24.1. The van der Waals surface area contributed by atoms with Crippen LogP contribution >= 0.6 is 11.6 Å². The zero-order chi connectivity index (χ0) is 28.4. The van der Waals surface area contributed by atoms with Crippen molar-refractivity contribution in [2.24, 2.45) is 0 Å². The van der Waals surface area contributed by atoms with Gasteiger partial charge < -0.3 is 14.6 Å². The molecule has 39 heavy (non-hydrogen) atoms. The number of nitrogens with zero attached hydrogens (tertiary/aromatic N) is 1. The Morgan fingerprint density at radius 3 is 2.46 bits per heavy atom. The van der Waals surface area contributed by atoms with E-state index in [4.69, 9.17) is 16.3 Å². The molecule has 3 aromatic carbocycles. The van der Waals surface area contributed by atoms with Crippen molar-refractivity contribution < 1.29 is 18.7 Å². The molecule has 5 nitrogen and oxygen atoms in total. The van der Waals surface area contributed by atoms with Crippen LogP contribution in [0.5, 0.6) is 5.75 Å². The van der Waals surface area contributed by atoms with Gasteiger partial charge in [0.2, 0.25) is 0 Å². The Morgan fingerprint density at radius 2 is 1.77 bits per heavy atom. The normalized spacial score (nSPS) is 12.9.